The first-order chi connectivity index (χ1) is 5.72. The van der Waals surface area contributed by atoms with Gasteiger partial charge in [-0.1, -0.05) is 6.07 Å². The van der Waals surface area contributed by atoms with E-state index in [1.54, 1.807) is 7.11 Å². The van der Waals surface area contributed by atoms with Crippen molar-refractivity contribution in [2.45, 2.75) is 20.1 Å². The van der Waals surface area contributed by atoms with Crippen molar-refractivity contribution in [1.29, 1.82) is 0 Å². The van der Waals surface area contributed by atoms with E-state index in [9.17, 15) is 0 Å². The molecule has 1 atom stereocenters. The number of hydrogen-bond donors (Lipinski definition) is 0. The van der Waals surface area contributed by atoms with Crippen molar-refractivity contribution in [1.82, 2.24) is 4.98 Å². The highest BCUT2D eigenvalue weighted by Gasteiger charge is 2.01. The van der Waals surface area contributed by atoms with E-state index < -0.39 is 0 Å². The average molecular weight is 167 g/mol. The van der Waals surface area contributed by atoms with Crippen molar-refractivity contribution in [2.75, 3.05) is 7.11 Å². The maximum Gasteiger partial charge on any atom is 0.215 e. The Labute approximate surface area is 72.3 Å². The molecule has 0 N–H and O–H groups in total. The fraction of sp³-hybridized carbons (Fsp3) is 0.444. The Kier molecular flexibility index (Phi) is 3.05. The number of aromatic nitrogens is 1. The lowest BCUT2D eigenvalue weighted by Crippen LogP contribution is -2.14. The highest BCUT2D eigenvalue weighted by Crippen LogP contribution is 2.08. The van der Waals surface area contributed by atoms with Gasteiger partial charge in [0.2, 0.25) is 5.88 Å². The Morgan fingerprint density at radius 1 is 1.42 bits per heavy atom. The molecule has 1 aromatic heterocycles. The van der Waals surface area contributed by atoms with E-state index in [-0.39, 0.29) is 6.29 Å². The Morgan fingerprint density at radius 2 is 2.17 bits per heavy atom. The first-order valence-electron chi connectivity index (χ1n) is 3.85. The Bertz CT molecular complexity index is 250. The molecule has 0 spiro atoms. The third-order valence-electron chi connectivity index (χ3n) is 1.48. The Hall–Kier alpha value is -1.09. The van der Waals surface area contributed by atoms with Gasteiger partial charge in [-0.2, -0.15) is 0 Å². The standard InChI is InChI=1S/C9H13NO2/c1-7-5-4-6-9(10-7)12-8(2)11-3/h4-6,8H,1-3H3. The molecule has 0 aliphatic rings. The van der Waals surface area contributed by atoms with E-state index in [1.165, 1.54) is 0 Å². The minimum absolute atomic E-state index is 0.251. The molecular weight excluding hydrogens is 154 g/mol. The van der Waals surface area contributed by atoms with Crippen molar-refractivity contribution in [3.05, 3.63) is 23.9 Å². The maximum atomic E-state index is 5.31. The lowest BCUT2D eigenvalue weighted by molar-refractivity contribution is -0.0410. The molecule has 1 unspecified atom stereocenters. The van der Waals surface area contributed by atoms with E-state index in [0.717, 1.165) is 5.69 Å². The Balaban J connectivity index is 2.63. The monoisotopic (exact) mass is 167 g/mol. The minimum Gasteiger partial charge on any atom is -0.448 e. The summed E-state index contributed by atoms with van der Waals surface area (Å²) in [4.78, 5) is 4.16. The molecule has 0 bridgehead atoms. The van der Waals surface area contributed by atoms with Crippen LogP contribution in [0.25, 0.3) is 0 Å². The first kappa shape index (κ1) is 9.00. The van der Waals surface area contributed by atoms with Crippen LogP contribution in [0.5, 0.6) is 5.88 Å². The van der Waals surface area contributed by atoms with Gasteiger partial charge in [0.05, 0.1) is 0 Å². The van der Waals surface area contributed by atoms with Gasteiger partial charge in [0.25, 0.3) is 0 Å². The number of rotatable bonds is 3. The van der Waals surface area contributed by atoms with Gasteiger partial charge in [-0.15, -0.1) is 0 Å². The predicted octanol–water partition coefficient (Wildman–Crippen LogP) is 1.76. The maximum absolute atomic E-state index is 5.31. The van der Waals surface area contributed by atoms with Crippen LogP contribution < -0.4 is 4.74 Å². The molecule has 0 aromatic carbocycles. The molecule has 0 radical (unpaired) electrons. The van der Waals surface area contributed by atoms with Gasteiger partial charge >= 0.3 is 0 Å². The number of methoxy groups -OCH3 is 1. The average Bonchev–Trinajstić information content (AvgIpc) is 2.04. The number of aryl methyl sites for hydroxylation is 1. The van der Waals surface area contributed by atoms with Crippen LogP contribution in [-0.4, -0.2) is 18.4 Å². The van der Waals surface area contributed by atoms with Gasteiger partial charge in [0.15, 0.2) is 6.29 Å². The van der Waals surface area contributed by atoms with E-state index in [4.69, 9.17) is 9.47 Å². The van der Waals surface area contributed by atoms with Crippen LogP contribution in [0.4, 0.5) is 0 Å². The normalized spacial score (nSPS) is 12.6. The minimum atomic E-state index is -0.251. The summed E-state index contributed by atoms with van der Waals surface area (Å²) in [5, 5.41) is 0. The smallest absolute Gasteiger partial charge is 0.215 e. The molecule has 0 saturated carbocycles. The number of nitrogens with zero attached hydrogens (tertiary/aromatic N) is 1. The molecule has 0 saturated heterocycles. The van der Waals surface area contributed by atoms with Gasteiger partial charge in [0.1, 0.15) is 0 Å². The summed E-state index contributed by atoms with van der Waals surface area (Å²) >= 11 is 0. The zero-order chi connectivity index (χ0) is 8.97. The zero-order valence-corrected chi connectivity index (χ0v) is 7.57. The van der Waals surface area contributed by atoms with Crippen molar-refractivity contribution in [3.63, 3.8) is 0 Å². The van der Waals surface area contributed by atoms with Crippen LogP contribution in [0.3, 0.4) is 0 Å². The van der Waals surface area contributed by atoms with E-state index in [2.05, 4.69) is 4.98 Å². The Morgan fingerprint density at radius 3 is 2.75 bits per heavy atom. The predicted molar refractivity (Wildman–Crippen MR) is 46.1 cm³/mol. The van der Waals surface area contributed by atoms with Gasteiger partial charge in [-0.25, -0.2) is 4.98 Å². The van der Waals surface area contributed by atoms with Crippen LogP contribution in [-0.2, 0) is 4.74 Å². The number of ether oxygens (including phenoxy) is 2. The molecule has 3 heteroatoms. The zero-order valence-electron chi connectivity index (χ0n) is 7.57. The van der Waals surface area contributed by atoms with E-state index in [0.29, 0.717) is 5.88 Å². The summed E-state index contributed by atoms with van der Waals surface area (Å²) in [6, 6.07) is 5.63. The van der Waals surface area contributed by atoms with Gasteiger partial charge < -0.3 is 9.47 Å². The third-order valence-corrected chi connectivity index (χ3v) is 1.48. The highest BCUT2D eigenvalue weighted by atomic mass is 16.7. The van der Waals surface area contributed by atoms with Crippen LogP contribution in [0, 0.1) is 6.92 Å². The van der Waals surface area contributed by atoms with Crippen molar-refractivity contribution in [2.24, 2.45) is 0 Å². The fourth-order valence-electron chi connectivity index (χ4n) is 0.802. The second-order valence-corrected chi connectivity index (χ2v) is 2.54. The number of hydrogen-bond acceptors (Lipinski definition) is 3. The summed E-state index contributed by atoms with van der Waals surface area (Å²) in [7, 11) is 1.60. The molecule has 12 heavy (non-hydrogen) atoms. The van der Waals surface area contributed by atoms with E-state index >= 15 is 0 Å². The lowest BCUT2D eigenvalue weighted by atomic mass is 10.4. The van der Waals surface area contributed by atoms with Crippen LogP contribution in [0.2, 0.25) is 0 Å². The van der Waals surface area contributed by atoms with Crippen LogP contribution >= 0.6 is 0 Å². The van der Waals surface area contributed by atoms with Crippen LogP contribution in [0.1, 0.15) is 12.6 Å². The molecule has 3 nitrogen and oxygen atoms in total. The molecular formula is C9H13NO2. The molecule has 1 heterocycles. The van der Waals surface area contributed by atoms with Gasteiger partial charge in [0, 0.05) is 18.9 Å². The molecule has 0 aliphatic heterocycles. The molecule has 66 valence electrons. The van der Waals surface area contributed by atoms with Gasteiger partial charge in [-0.05, 0) is 19.9 Å². The molecule has 0 amide bonds. The SMILES string of the molecule is COC(C)Oc1cccc(C)n1. The van der Waals surface area contributed by atoms with Crippen molar-refractivity contribution >= 4 is 0 Å². The van der Waals surface area contributed by atoms with E-state index in [1.807, 2.05) is 32.0 Å². The number of pyridine rings is 1. The molecule has 1 rings (SSSR count). The summed E-state index contributed by atoms with van der Waals surface area (Å²) in [6.07, 6.45) is -0.251. The summed E-state index contributed by atoms with van der Waals surface area (Å²) < 4.78 is 10.2. The van der Waals surface area contributed by atoms with Crippen molar-refractivity contribution in [3.8, 4) is 5.88 Å². The molecule has 0 fully saturated rings. The summed E-state index contributed by atoms with van der Waals surface area (Å²) in [6.45, 7) is 3.74. The molecule has 1 aromatic rings. The largest absolute Gasteiger partial charge is 0.448 e. The summed E-state index contributed by atoms with van der Waals surface area (Å²) in [5.41, 5.74) is 0.941. The topological polar surface area (TPSA) is 31.4 Å². The second-order valence-electron chi connectivity index (χ2n) is 2.54. The lowest BCUT2D eigenvalue weighted by Gasteiger charge is -2.11. The van der Waals surface area contributed by atoms with Crippen molar-refractivity contribution < 1.29 is 9.47 Å². The molecule has 0 aliphatic carbocycles. The quantitative estimate of drug-likeness (QED) is 0.643. The first-order valence-corrected chi connectivity index (χ1v) is 3.85. The summed E-state index contributed by atoms with van der Waals surface area (Å²) in [5.74, 6) is 0.601. The second kappa shape index (κ2) is 4.07. The fourth-order valence-corrected chi connectivity index (χ4v) is 0.802. The van der Waals surface area contributed by atoms with Crippen LogP contribution in [0.15, 0.2) is 18.2 Å². The van der Waals surface area contributed by atoms with Gasteiger partial charge in [-0.3, -0.25) is 0 Å². The third kappa shape index (κ3) is 2.51. The highest BCUT2D eigenvalue weighted by molar-refractivity contribution is 5.14.